The Morgan fingerprint density at radius 1 is 1.40 bits per heavy atom. The Balaban J connectivity index is 2.05. The second-order valence-electron chi connectivity index (χ2n) is 4.17. The van der Waals surface area contributed by atoms with E-state index in [-0.39, 0.29) is 6.54 Å². The molecule has 1 atom stereocenters. The summed E-state index contributed by atoms with van der Waals surface area (Å²) in [6, 6.07) is 0. The summed E-state index contributed by atoms with van der Waals surface area (Å²) in [5, 5.41) is 16.4. The summed E-state index contributed by atoms with van der Waals surface area (Å²) in [6.07, 6.45) is 5.46. The summed E-state index contributed by atoms with van der Waals surface area (Å²) in [4.78, 5) is 4.31. The van der Waals surface area contributed by atoms with Crippen molar-refractivity contribution >= 4 is 0 Å². The molecule has 1 aromatic rings. The number of aliphatic hydroxyl groups excluding tert-OH is 1. The van der Waals surface area contributed by atoms with Crippen molar-refractivity contribution < 1.29 is 5.11 Å². The maximum atomic E-state index is 9.47. The topological polar surface area (TPSA) is 87.8 Å². The molecule has 0 unspecified atom stereocenters. The highest BCUT2D eigenvalue weighted by molar-refractivity contribution is 5.01. The predicted molar refractivity (Wildman–Crippen MR) is 56.2 cm³/mol. The first-order valence-electron chi connectivity index (χ1n) is 5.61. The highest BCUT2D eigenvalue weighted by Gasteiger charge is 2.20. The zero-order valence-electron chi connectivity index (χ0n) is 8.82. The second-order valence-corrected chi connectivity index (χ2v) is 4.17. The van der Waals surface area contributed by atoms with Crippen molar-refractivity contribution in [2.24, 2.45) is 5.73 Å². The first-order valence-corrected chi connectivity index (χ1v) is 5.61. The lowest BCUT2D eigenvalue weighted by atomic mass is 9.89. The lowest BCUT2D eigenvalue weighted by Gasteiger charge is -2.18. The van der Waals surface area contributed by atoms with Crippen LogP contribution in [-0.4, -0.2) is 26.8 Å². The molecule has 15 heavy (non-hydrogen) atoms. The molecule has 0 radical (unpaired) electrons. The molecule has 1 saturated carbocycles. The monoisotopic (exact) mass is 210 g/mol. The van der Waals surface area contributed by atoms with Gasteiger partial charge in [-0.25, -0.2) is 4.98 Å². The molecule has 5 nitrogen and oxygen atoms in total. The molecule has 0 spiro atoms. The Bertz CT molecular complexity index is 306. The average molecular weight is 210 g/mol. The maximum Gasteiger partial charge on any atom is 0.180 e. The van der Waals surface area contributed by atoms with E-state index in [1.54, 1.807) is 0 Å². The molecular formula is C10H18N4O. The SMILES string of the molecule is NC[C@H](O)c1n[nH]c(C2CCCCC2)n1. The molecule has 0 saturated heterocycles. The van der Waals surface area contributed by atoms with Gasteiger partial charge in [-0.2, -0.15) is 5.10 Å². The molecule has 0 amide bonds. The summed E-state index contributed by atoms with van der Waals surface area (Å²) in [5.74, 6) is 1.83. The van der Waals surface area contributed by atoms with Gasteiger partial charge in [0.05, 0.1) is 0 Å². The van der Waals surface area contributed by atoms with Crippen molar-refractivity contribution in [1.29, 1.82) is 0 Å². The zero-order chi connectivity index (χ0) is 10.7. The predicted octanol–water partition coefficient (Wildman–Crippen LogP) is 0.844. The summed E-state index contributed by atoms with van der Waals surface area (Å²) in [6.45, 7) is 0.169. The molecule has 4 N–H and O–H groups in total. The van der Waals surface area contributed by atoms with Crippen molar-refractivity contribution in [3.63, 3.8) is 0 Å². The normalized spacial score (nSPS) is 20.4. The van der Waals surface area contributed by atoms with Crippen LogP contribution in [0.1, 0.15) is 55.8 Å². The molecule has 5 heteroatoms. The van der Waals surface area contributed by atoms with Gasteiger partial charge < -0.3 is 10.8 Å². The zero-order valence-corrected chi connectivity index (χ0v) is 8.82. The smallest absolute Gasteiger partial charge is 0.180 e. The van der Waals surface area contributed by atoms with Crippen LogP contribution in [-0.2, 0) is 0 Å². The lowest BCUT2D eigenvalue weighted by molar-refractivity contribution is 0.177. The highest BCUT2D eigenvalue weighted by atomic mass is 16.3. The van der Waals surface area contributed by atoms with Gasteiger partial charge in [-0.05, 0) is 12.8 Å². The first-order chi connectivity index (χ1) is 7.31. The van der Waals surface area contributed by atoms with Gasteiger partial charge in [0.1, 0.15) is 11.9 Å². The van der Waals surface area contributed by atoms with Crippen LogP contribution >= 0.6 is 0 Å². The molecule has 2 rings (SSSR count). The molecule has 0 bridgehead atoms. The van der Waals surface area contributed by atoms with Crippen LogP contribution in [0.3, 0.4) is 0 Å². The first kappa shape index (κ1) is 10.6. The number of aliphatic hydroxyl groups is 1. The fraction of sp³-hybridized carbons (Fsp3) is 0.800. The fourth-order valence-electron chi connectivity index (χ4n) is 2.10. The number of H-pyrrole nitrogens is 1. The molecule has 1 aromatic heterocycles. The van der Waals surface area contributed by atoms with E-state index < -0.39 is 6.10 Å². The molecule has 1 aliphatic rings. The number of hydrogen-bond acceptors (Lipinski definition) is 4. The van der Waals surface area contributed by atoms with Crippen LogP contribution in [0.25, 0.3) is 0 Å². The molecule has 84 valence electrons. The minimum Gasteiger partial charge on any atom is -0.384 e. The van der Waals surface area contributed by atoms with Gasteiger partial charge in [-0.3, -0.25) is 5.10 Å². The van der Waals surface area contributed by atoms with Crippen molar-refractivity contribution in [1.82, 2.24) is 15.2 Å². The van der Waals surface area contributed by atoms with Gasteiger partial charge in [-0.1, -0.05) is 19.3 Å². The number of nitrogens with zero attached hydrogens (tertiary/aromatic N) is 2. The van der Waals surface area contributed by atoms with E-state index in [0.717, 1.165) is 5.82 Å². The Morgan fingerprint density at radius 2 is 2.13 bits per heavy atom. The number of nitrogens with one attached hydrogen (secondary N) is 1. The molecule has 1 fully saturated rings. The van der Waals surface area contributed by atoms with Gasteiger partial charge in [0.2, 0.25) is 0 Å². The Kier molecular flexibility index (Phi) is 3.33. The Labute approximate surface area is 89.1 Å². The van der Waals surface area contributed by atoms with E-state index in [1.807, 2.05) is 0 Å². The van der Waals surface area contributed by atoms with Gasteiger partial charge >= 0.3 is 0 Å². The van der Waals surface area contributed by atoms with Crippen molar-refractivity contribution in [2.45, 2.75) is 44.1 Å². The van der Waals surface area contributed by atoms with E-state index >= 15 is 0 Å². The minimum absolute atomic E-state index is 0.169. The summed E-state index contributed by atoms with van der Waals surface area (Å²) < 4.78 is 0. The van der Waals surface area contributed by atoms with Crippen LogP contribution < -0.4 is 5.73 Å². The van der Waals surface area contributed by atoms with Gasteiger partial charge in [0.15, 0.2) is 5.82 Å². The maximum absolute atomic E-state index is 9.47. The molecule has 0 aliphatic heterocycles. The number of nitrogens with two attached hydrogens (primary N) is 1. The van der Waals surface area contributed by atoms with Crippen LogP contribution in [0.2, 0.25) is 0 Å². The van der Waals surface area contributed by atoms with E-state index in [4.69, 9.17) is 5.73 Å². The summed E-state index contributed by atoms with van der Waals surface area (Å²) >= 11 is 0. The van der Waals surface area contributed by atoms with E-state index in [9.17, 15) is 5.11 Å². The third kappa shape index (κ3) is 2.35. The Hall–Kier alpha value is -0.940. The van der Waals surface area contributed by atoms with Crippen LogP contribution in [0.15, 0.2) is 0 Å². The standard InChI is InChI=1S/C10H18N4O/c11-6-8(15)10-12-9(13-14-10)7-4-2-1-3-5-7/h7-8,15H,1-6,11H2,(H,12,13,14)/t8-/m0/s1. The molecule has 1 aliphatic carbocycles. The largest absolute Gasteiger partial charge is 0.384 e. The number of aromatic nitrogens is 3. The van der Waals surface area contributed by atoms with E-state index in [2.05, 4.69) is 15.2 Å². The van der Waals surface area contributed by atoms with Crippen LogP contribution in [0, 0.1) is 0 Å². The van der Waals surface area contributed by atoms with Crippen molar-refractivity contribution in [2.75, 3.05) is 6.54 Å². The third-order valence-corrected chi connectivity index (χ3v) is 3.03. The summed E-state index contributed by atoms with van der Waals surface area (Å²) in [5.41, 5.74) is 5.35. The van der Waals surface area contributed by atoms with E-state index in [0.29, 0.717) is 11.7 Å². The van der Waals surface area contributed by atoms with Gasteiger partial charge in [0.25, 0.3) is 0 Å². The molecule has 0 aromatic carbocycles. The van der Waals surface area contributed by atoms with Gasteiger partial charge in [-0.15, -0.1) is 0 Å². The highest BCUT2D eigenvalue weighted by Crippen LogP contribution is 2.30. The lowest BCUT2D eigenvalue weighted by Crippen LogP contribution is -2.13. The van der Waals surface area contributed by atoms with Gasteiger partial charge in [0, 0.05) is 12.5 Å². The van der Waals surface area contributed by atoms with Crippen molar-refractivity contribution in [3.05, 3.63) is 11.6 Å². The van der Waals surface area contributed by atoms with E-state index in [1.165, 1.54) is 32.1 Å². The molecule has 1 heterocycles. The third-order valence-electron chi connectivity index (χ3n) is 3.03. The second kappa shape index (κ2) is 4.72. The fourth-order valence-corrected chi connectivity index (χ4v) is 2.10. The van der Waals surface area contributed by atoms with Crippen molar-refractivity contribution in [3.8, 4) is 0 Å². The number of aromatic amines is 1. The number of rotatable bonds is 3. The summed E-state index contributed by atoms with van der Waals surface area (Å²) in [7, 11) is 0. The average Bonchev–Trinajstić information content (AvgIpc) is 2.78. The minimum atomic E-state index is -0.737. The number of hydrogen-bond donors (Lipinski definition) is 3. The quantitative estimate of drug-likeness (QED) is 0.690. The van der Waals surface area contributed by atoms with Crippen LogP contribution in [0.5, 0.6) is 0 Å². The Morgan fingerprint density at radius 3 is 2.80 bits per heavy atom. The van der Waals surface area contributed by atoms with Crippen LogP contribution in [0.4, 0.5) is 0 Å². The molecular weight excluding hydrogens is 192 g/mol.